The van der Waals surface area contributed by atoms with E-state index < -0.39 is 17.8 Å². The van der Waals surface area contributed by atoms with Gasteiger partial charge >= 0.3 is 5.97 Å². The van der Waals surface area contributed by atoms with Crippen LogP contribution in [0.3, 0.4) is 0 Å². The molecule has 1 atom stereocenters. The first-order valence-electron chi connectivity index (χ1n) is 8.89. The summed E-state index contributed by atoms with van der Waals surface area (Å²) < 4.78 is 24.6. The largest absolute Gasteiger partial charge is 0.496 e. The second kappa shape index (κ2) is 8.92. The number of benzene rings is 1. The number of likely N-dealkylation sites (tertiary alicyclic amines) is 1. The van der Waals surface area contributed by atoms with Crippen molar-refractivity contribution in [3.63, 3.8) is 0 Å². The van der Waals surface area contributed by atoms with Crippen LogP contribution in [0.5, 0.6) is 5.75 Å². The van der Waals surface area contributed by atoms with Crippen LogP contribution in [0.4, 0.5) is 4.39 Å². The first-order chi connectivity index (χ1) is 13.1. The van der Waals surface area contributed by atoms with Crippen LogP contribution >= 0.6 is 0 Å². The number of halogens is 1. The summed E-state index contributed by atoms with van der Waals surface area (Å²) >= 11 is 0. The van der Waals surface area contributed by atoms with E-state index in [1.165, 1.54) is 25.3 Å². The van der Waals surface area contributed by atoms with Crippen molar-refractivity contribution in [2.24, 2.45) is 0 Å². The SMILES string of the molecule is COc1cc(F)ccc1[C@H](C(=O)O)N1CCC(OCc2cccnc2)CC1. The molecule has 0 spiro atoms. The lowest BCUT2D eigenvalue weighted by Crippen LogP contribution is -2.42. The molecule has 1 saturated heterocycles. The summed E-state index contributed by atoms with van der Waals surface area (Å²) in [5.74, 6) is -1.19. The van der Waals surface area contributed by atoms with Crippen molar-refractivity contribution in [2.45, 2.75) is 31.6 Å². The molecule has 6 nitrogen and oxygen atoms in total. The van der Waals surface area contributed by atoms with Gasteiger partial charge in [0.05, 0.1) is 19.8 Å². The lowest BCUT2D eigenvalue weighted by Gasteiger charge is -2.36. The number of aromatic nitrogens is 1. The summed E-state index contributed by atoms with van der Waals surface area (Å²) in [5, 5.41) is 9.76. The predicted octanol–water partition coefficient (Wildman–Crippen LogP) is 3.04. The van der Waals surface area contributed by atoms with Crippen molar-refractivity contribution < 1.29 is 23.8 Å². The van der Waals surface area contributed by atoms with E-state index in [1.54, 1.807) is 12.4 Å². The third kappa shape index (κ3) is 4.81. The molecule has 1 N–H and O–H groups in total. The van der Waals surface area contributed by atoms with Gasteiger partial charge in [0.1, 0.15) is 17.6 Å². The van der Waals surface area contributed by atoms with Crippen LogP contribution in [0.15, 0.2) is 42.7 Å². The molecule has 0 radical (unpaired) electrons. The molecule has 0 saturated carbocycles. The Hall–Kier alpha value is -2.51. The maximum Gasteiger partial charge on any atom is 0.325 e. The number of nitrogens with zero attached hydrogens (tertiary/aromatic N) is 2. The number of ether oxygens (including phenoxy) is 2. The second-order valence-corrected chi connectivity index (χ2v) is 6.53. The highest BCUT2D eigenvalue weighted by molar-refractivity contribution is 5.76. The molecule has 1 aliphatic rings. The number of carbonyl (C=O) groups is 1. The van der Waals surface area contributed by atoms with Gasteiger partial charge in [-0.2, -0.15) is 0 Å². The van der Waals surface area contributed by atoms with Crippen molar-refractivity contribution in [3.8, 4) is 5.75 Å². The zero-order valence-electron chi connectivity index (χ0n) is 15.2. The lowest BCUT2D eigenvalue weighted by molar-refractivity contribution is -0.145. The number of carboxylic acid groups (broad SMARTS) is 1. The zero-order chi connectivity index (χ0) is 19.2. The van der Waals surface area contributed by atoms with Crippen LogP contribution in [0.1, 0.15) is 30.0 Å². The number of pyridine rings is 1. The van der Waals surface area contributed by atoms with E-state index >= 15 is 0 Å². The maximum absolute atomic E-state index is 13.5. The summed E-state index contributed by atoms with van der Waals surface area (Å²) in [5.41, 5.74) is 1.47. The standard InChI is InChI=1S/C20H23FN2O4/c1-26-18-11-15(21)4-5-17(18)19(20(24)25)23-9-6-16(7-10-23)27-13-14-3-2-8-22-12-14/h2-5,8,11-12,16,19H,6-7,9-10,13H2,1H3,(H,24,25)/t19-/m1/s1. The summed E-state index contributed by atoms with van der Waals surface area (Å²) in [6, 6.07) is 6.92. The van der Waals surface area contributed by atoms with Crippen molar-refractivity contribution in [1.82, 2.24) is 9.88 Å². The molecule has 7 heteroatoms. The van der Waals surface area contributed by atoms with Crippen LogP contribution < -0.4 is 4.74 Å². The predicted molar refractivity (Wildman–Crippen MR) is 96.9 cm³/mol. The molecule has 1 aliphatic heterocycles. The van der Waals surface area contributed by atoms with E-state index in [4.69, 9.17) is 9.47 Å². The minimum absolute atomic E-state index is 0.0750. The molecule has 2 aromatic rings. The average molecular weight is 374 g/mol. The maximum atomic E-state index is 13.5. The Morgan fingerprint density at radius 1 is 1.37 bits per heavy atom. The van der Waals surface area contributed by atoms with Gasteiger partial charge in [-0.15, -0.1) is 0 Å². The fourth-order valence-corrected chi connectivity index (χ4v) is 3.40. The molecule has 1 aromatic heterocycles. The molecule has 0 aliphatic carbocycles. The Labute approximate surface area is 157 Å². The van der Waals surface area contributed by atoms with Gasteiger partial charge in [0, 0.05) is 37.1 Å². The second-order valence-electron chi connectivity index (χ2n) is 6.53. The molecule has 144 valence electrons. The third-order valence-electron chi connectivity index (χ3n) is 4.77. The highest BCUT2D eigenvalue weighted by Gasteiger charge is 2.33. The number of hydrogen-bond donors (Lipinski definition) is 1. The minimum atomic E-state index is -0.977. The molecule has 0 unspecified atom stereocenters. The fraction of sp³-hybridized carbons (Fsp3) is 0.400. The van der Waals surface area contributed by atoms with Gasteiger partial charge in [-0.1, -0.05) is 12.1 Å². The average Bonchev–Trinajstić information content (AvgIpc) is 2.69. The van der Waals surface area contributed by atoms with Gasteiger partial charge in [0.15, 0.2) is 0 Å². The van der Waals surface area contributed by atoms with Crippen molar-refractivity contribution >= 4 is 5.97 Å². The van der Waals surface area contributed by atoms with Crippen LogP contribution in [0.2, 0.25) is 0 Å². The topological polar surface area (TPSA) is 71.9 Å². The number of hydrogen-bond acceptors (Lipinski definition) is 5. The summed E-state index contributed by atoms with van der Waals surface area (Å²) in [7, 11) is 1.41. The Kier molecular flexibility index (Phi) is 6.36. The Morgan fingerprint density at radius 2 is 2.15 bits per heavy atom. The summed E-state index contributed by atoms with van der Waals surface area (Å²) in [4.78, 5) is 17.9. The van der Waals surface area contributed by atoms with Crippen LogP contribution in [0, 0.1) is 5.82 Å². The highest BCUT2D eigenvalue weighted by atomic mass is 19.1. The quantitative estimate of drug-likeness (QED) is 0.803. The smallest absolute Gasteiger partial charge is 0.325 e. The van der Waals surface area contributed by atoms with Gasteiger partial charge in [0.25, 0.3) is 0 Å². The normalized spacial score (nSPS) is 16.8. The monoisotopic (exact) mass is 374 g/mol. The van der Waals surface area contributed by atoms with E-state index in [2.05, 4.69) is 4.98 Å². The molecule has 0 bridgehead atoms. The van der Waals surface area contributed by atoms with Gasteiger partial charge in [-0.05, 0) is 30.5 Å². The Morgan fingerprint density at radius 3 is 2.78 bits per heavy atom. The number of piperidine rings is 1. The zero-order valence-corrected chi connectivity index (χ0v) is 15.2. The van der Waals surface area contributed by atoms with E-state index in [1.807, 2.05) is 17.0 Å². The first-order valence-corrected chi connectivity index (χ1v) is 8.89. The molecule has 1 fully saturated rings. The number of methoxy groups -OCH3 is 1. The molecular formula is C20H23FN2O4. The van der Waals surface area contributed by atoms with Crippen LogP contribution in [-0.2, 0) is 16.1 Å². The van der Waals surface area contributed by atoms with Gasteiger partial charge < -0.3 is 14.6 Å². The summed E-state index contributed by atoms with van der Waals surface area (Å²) in [6.45, 7) is 1.65. The van der Waals surface area contributed by atoms with Crippen LogP contribution in [0.25, 0.3) is 0 Å². The van der Waals surface area contributed by atoms with Gasteiger partial charge in [-0.3, -0.25) is 14.7 Å². The fourth-order valence-electron chi connectivity index (χ4n) is 3.40. The van der Waals surface area contributed by atoms with E-state index in [-0.39, 0.29) is 11.9 Å². The van der Waals surface area contributed by atoms with Crippen molar-refractivity contribution in [3.05, 3.63) is 59.7 Å². The number of carboxylic acids is 1. The molecule has 2 heterocycles. The minimum Gasteiger partial charge on any atom is -0.496 e. The molecule has 0 amide bonds. The number of rotatable bonds is 7. The van der Waals surface area contributed by atoms with E-state index in [9.17, 15) is 14.3 Å². The highest BCUT2D eigenvalue weighted by Crippen LogP contribution is 2.32. The Bertz CT molecular complexity index is 764. The first kappa shape index (κ1) is 19.3. The van der Waals surface area contributed by atoms with Crippen molar-refractivity contribution in [1.29, 1.82) is 0 Å². The number of aliphatic carboxylic acids is 1. The van der Waals surface area contributed by atoms with E-state index in [0.29, 0.717) is 25.3 Å². The summed E-state index contributed by atoms with van der Waals surface area (Å²) in [6.07, 6.45) is 5.03. The molecule has 27 heavy (non-hydrogen) atoms. The van der Waals surface area contributed by atoms with Gasteiger partial charge in [0.2, 0.25) is 0 Å². The Balaban J connectivity index is 1.63. The molecule has 1 aromatic carbocycles. The van der Waals surface area contributed by atoms with E-state index in [0.717, 1.165) is 18.4 Å². The van der Waals surface area contributed by atoms with Gasteiger partial charge in [-0.25, -0.2) is 4.39 Å². The van der Waals surface area contributed by atoms with Crippen LogP contribution in [-0.4, -0.2) is 47.3 Å². The third-order valence-corrected chi connectivity index (χ3v) is 4.77. The molecule has 3 rings (SSSR count). The lowest BCUT2D eigenvalue weighted by atomic mass is 9.99. The van der Waals surface area contributed by atoms with Crippen molar-refractivity contribution in [2.75, 3.05) is 20.2 Å². The molecular weight excluding hydrogens is 351 g/mol.